The van der Waals surface area contributed by atoms with Crippen molar-refractivity contribution >= 4 is 17.3 Å². The summed E-state index contributed by atoms with van der Waals surface area (Å²) in [5.41, 5.74) is 3.45. The van der Waals surface area contributed by atoms with E-state index in [1.165, 1.54) is 5.56 Å². The van der Waals surface area contributed by atoms with Gasteiger partial charge in [0.15, 0.2) is 0 Å². The summed E-state index contributed by atoms with van der Waals surface area (Å²) < 4.78 is 5.13. The van der Waals surface area contributed by atoms with Gasteiger partial charge in [-0.05, 0) is 30.2 Å². The Morgan fingerprint density at radius 2 is 2.29 bits per heavy atom. The summed E-state index contributed by atoms with van der Waals surface area (Å²) in [6, 6.07) is 6.67. The monoisotopic (exact) mass is 232 g/mol. The molecule has 1 saturated heterocycles. The van der Waals surface area contributed by atoms with E-state index in [1.807, 2.05) is 17.0 Å². The molecule has 0 unspecified atom stereocenters. The van der Waals surface area contributed by atoms with Crippen LogP contribution in [-0.4, -0.2) is 31.7 Å². The molecule has 2 aliphatic rings. The quantitative estimate of drug-likeness (QED) is 0.838. The molecule has 0 radical (unpaired) electrons. The van der Waals surface area contributed by atoms with Crippen molar-refractivity contribution in [2.75, 3.05) is 30.0 Å². The van der Waals surface area contributed by atoms with Crippen LogP contribution in [0, 0.1) is 0 Å². The molecule has 0 saturated carbocycles. The fourth-order valence-corrected chi connectivity index (χ4v) is 2.37. The minimum absolute atomic E-state index is 0.122. The average Bonchev–Trinajstić information content (AvgIpc) is 2.66. The number of hydrogen-bond acceptors (Lipinski definition) is 3. The summed E-state index contributed by atoms with van der Waals surface area (Å²) in [7, 11) is 0. The SMILES string of the molecule is CC(=O)N1CCc2cc(NC3COC3)ccc21. The number of amides is 1. The van der Waals surface area contributed by atoms with Crippen LogP contribution >= 0.6 is 0 Å². The Labute approximate surface area is 101 Å². The molecule has 0 spiro atoms. The Hall–Kier alpha value is -1.55. The smallest absolute Gasteiger partial charge is 0.223 e. The van der Waals surface area contributed by atoms with Gasteiger partial charge in [-0.1, -0.05) is 0 Å². The van der Waals surface area contributed by atoms with Gasteiger partial charge in [-0.3, -0.25) is 4.79 Å². The number of fused-ring (bicyclic) bond motifs is 1. The first kappa shape index (κ1) is 10.6. The van der Waals surface area contributed by atoms with Crippen molar-refractivity contribution in [2.24, 2.45) is 0 Å². The Kier molecular flexibility index (Phi) is 2.52. The summed E-state index contributed by atoms with van der Waals surface area (Å²) >= 11 is 0. The van der Waals surface area contributed by atoms with Crippen LogP contribution in [-0.2, 0) is 16.0 Å². The number of ether oxygens (including phenoxy) is 1. The van der Waals surface area contributed by atoms with Gasteiger partial charge in [0.05, 0.1) is 19.3 Å². The summed E-state index contributed by atoms with van der Waals surface area (Å²) in [4.78, 5) is 13.3. The maximum atomic E-state index is 11.4. The molecule has 1 amide bonds. The van der Waals surface area contributed by atoms with Crippen LogP contribution in [0.2, 0.25) is 0 Å². The molecule has 90 valence electrons. The van der Waals surface area contributed by atoms with Crippen LogP contribution in [0.4, 0.5) is 11.4 Å². The molecular weight excluding hydrogens is 216 g/mol. The molecule has 3 rings (SSSR count). The largest absolute Gasteiger partial charge is 0.378 e. The zero-order chi connectivity index (χ0) is 11.8. The van der Waals surface area contributed by atoms with Crippen molar-refractivity contribution in [3.8, 4) is 0 Å². The predicted octanol–water partition coefficient (Wildman–Crippen LogP) is 1.41. The second-order valence-corrected chi connectivity index (χ2v) is 4.64. The maximum Gasteiger partial charge on any atom is 0.223 e. The van der Waals surface area contributed by atoms with E-state index in [0.29, 0.717) is 6.04 Å². The molecule has 1 aromatic rings. The van der Waals surface area contributed by atoms with E-state index in [-0.39, 0.29) is 5.91 Å². The van der Waals surface area contributed by atoms with Crippen molar-refractivity contribution in [2.45, 2.75) is 19.4 Å². The third-order valence-corrected chi connectivity index (χ3v) is 3.36. The van der Waals surface area contributed by atoms with E-state index < -0.39 is 0 Å². The van der Waals surface area contributed by atoms with Gasteiger partial charge in [0.25, 0.3) is 0 Å². The van der Waals surface area contributed by atoms with Crippen LogP contribution in [0.15, 0.2) is 18.2 Å². The van der Waals surface area contributed by atoms with Crippen molar-refractivity contribution in [3.05, 3.63) is 23.8 Å². The third kappa shape index (κ3) is 1.89. The van der Waals surface area contributed by atoms with Gasteiger partial charge < -0.3 is 15.0 Å². The lowest BCUT2D eigenvalue weighted by molar-refractivity contribution is -0.116. The molecule has 2 aliphatic heterocycles. The van der Waals surface area contributed by atoms with Crippen molar-refractivity contribution < 1.29 is 9.53 Å². The van der Waals surface area contributed by atoms with Gasteiger partial charge in [-0.2, -0.15) is 0 Å². The first-order chi connectivity index (χ1) is 8.24. The van der Waals surface area contributed by atoms with E-state index in [0.717, 1.165) is 37.6 Å². The summed E-state index contributed by atoms with van der Waals surface area (Å²) in [5.74, 6) is 0.122. The molecule has 1 N–H and O–H groups in total. The molecule has 0 aliphatic carbocycles. The molecule has 0 aromatic heterocycles. The summed E-state index contributed by atoms with van der Waals surface area (Å²) in [5, 5.41) is 3.42. The summed E-state index contributed by atoms with van der Waals surface area (Å²) in [6.07, 6.45) is 0.950. The normalized spacial score (nSPS) is 18.8. The highest BCUT2D eigenvalue weighted by Gasteiger charge is 2.23. The van der Waals surface area contributed by atoms with E-state index in [2.05, 4.69) is 11.4 Å². The Bertz CT molecular complexity index is 455. The van der Waals surface area contributed by atoms with Crippen molar-refractivity contribution in [3.63, 3.8) is 0 Å². The van der Waals surface area contributed by atoms with Crippen LogP contribution < -0.4 is 10.2 Å². The van der Waals surface area contributed by atoms with Gasteiger partial charge in [-0.25, -0.2) is 0 Å². The highest BCUT2D eigenvalue weighted by molar-refractivity contribution is 5.94. The van der Waals surface area contributed by atoms with Crippen LogP contribution in [0.5, 0.6) is 0 Å². The first-order valence-electron chi connectivity index (χ1n) is 5.99. The number of nitrogens with zero attached hydrogens (tertiary/aromatic N) is 1. The first-order valence-corrected chi connectivity index (χ1v) is 5.99. The summed E-state index contributed by atoms with van der Waals surface area (Å²) in [6.45, 7) is 4.00. The second-order valence-electron chi connectivity index (χ2n) is 4.64. The van der Waals surface area contributed by atoms with Crippen LogP contribution in [0.1, 0.15) is 12.5 Å². The van der Waals surface area contributed by atoms with Crippen LogP contribution in [0.3, 0.4) is 0 Å². The average molecular weight is 232 g/mol. The fraction of sp³-hybridized carbons (Fsp3) is 0.462. The van der Waals surface area contributed by atoms with Gasteiger partial charge >= 0.3 is 0 Å². The van der Waals surface area contributed by atoms with E-state index >= 15 is 0 Å². The highest BCUT2D eigenvalue weighted by Crippen LogP contribution is 2.30. The number of hydrogen-bond donors (Lipinski definition) is 1. The minimum atomic E-state index is 0.122. The standard InChI is InChI=1S/C13H16N2O2/c1-9(16)15-5-4-10-6-11(2-3-13(10)15)14-12-7-17-8-12/h2-3,6,12,14H,4-5,7-8H2,1H3. The fourth-order valence-electron chi connectivity index (χ4n) is 2.37. The van der Waals surface area contributed by atoms with Gasteiger partial charge in [0.2, 0.25) is 5.91 Å². The lowest BCUT2D eigenvalue weighted by Gasteiger charge is -2.28. The predicted molar refractivity (Wildman–Crippen MR) is 66.4 cm³/mol. The zero-order valence-corrected chi connectivity index (χ0v) is 9.90. The van der Waals surface area contributed by atoms with E-state index in [1.54, 1.807) is 6.92 Å². The highest BCUT2D eigenvalue weighted by atomic mass is 16.5. The van der Waals surface area contributed by atoms with E-state index in [9.17, 15) is 4.79 Å². The number of rotatable bonds is 2. The molecule has 1 aromatic carbocycles. The van der Waals surface area contributed by atoms with Crippen molar-refractivity contribution in [1.82, 2.24) is 0 Å². The Morgan fingerprint density at radius 3 is 2.94 bits per heavy atom. The number of carbonyl (C=O) groups excluding carboxylic acids is 1. The zero-order valence-electron chi connectivity index (χ0n) is 9.90. The van der Waals surface area contributed by atoms with Crippen LogP contribution in [0.25, 0.3) is 0 Å². The molecule has 0 bridgehead atoms. The third-order valence-electron chi connectivity index (χ3n) is 3.36. The Morgan fingerprint density at radius 1 is 1.47 bits per heavy atom. The number of nitrogens with one attached hydrogen (secondary N) is 1. The molecule has 0 atom stereocenters. The van der Waals surface area contributed by atoms with Gasteiger partial charge in [0.1, 0.15) is 0 Å². The van der Waals surface area contributed by atoms with Crippen molar-refractivity contribution in [1.29, 1.82) is 0 Å². The Balaban J connectivity index is 1.80. The molecular formula is C13H16N2O2. The minimum Gasteiger partial charge on any atom is -0.378 e. The number of carbonyl (C=O) groups is 1. The molecule has 1 fully saturated rings. The number of anilines is 2. The van der Waals surface area contributed by atoms with E-state index in [4.69, 9.17) is 4.74 Å². The lowest BCUT2D eigenvalue weighted by Crippen LogP contribution is -2.40. The molecule has 4 heteroatoms. The van der Waals surface area contributed by atoms with Gasteiger partial charge in [0, 0.05) is 24.8 Å². The second kappa shape index (κ2) is 4.04. The molecule has 2 heterocycles. The number of benzene rings is 1. The maximum absolute atomic E-state index is 11.4. The van der Waals surface area contributed by atoms with Gasteiger partial charge in [-0.15, -0.1) is 0 Å². The molecule has 17 heavy (non-hydrogen) atoms. The molecule has 4 nitrogen and oxygen atoms in total. The topological polar surface area (TPSA) is 41.6 Å². The lowest BCUT2D eigenvalue weighted by atomic mass is 10.1.